The number of ether oxygens (including phenoxy) is 1. The summed E-state index contributed by atoms with van der Waals surface area (Å²) >= 11 is 0. The highest BCUT2D eigenvalue weighted by molar-refractivity contribution is 5.66. The van der Waals surface area contributed by atoms with E-state index in [1.807, 2.05) is 31.2 Å². The van der Waals surface area contributed by atoms with Crippen LogP contribution in [-0.4, -0.2) is 11.1 Å². The third-order valence-corrected chi connectivity index (χ3v) is 2.21. The SMILES string of the molecule is CC(=O)O[C@H](C)c1cccc([C@H](C)O)c1. The van der Waals surface area contributed by atoms with E-state index in [0.717, 1.165) is 11.1 Å². The van der Waals surface area contributed by atoms with Gasteiger partial charge < -0.3 is 9.84 Å². The van der Waals surface area contributed by atoms with Crippen LogP contribution in [0.2, 0.25) is 0 Å². The van der Waals surface area contributed by atoms with Gasteiger partial charge in [-0.05, 0) is 31.0 Å². The molecule has 0 bridgehead atoms. The second kappa shape index (κ2) is 4.94. The molecule has 0 aromatic heterocycles. The van der Waals surface area contributed by atoms with Gasteiger partial charge in [-0.25, -0.2) is 0 Å². The van der Waals surface area contributed by atoms with Gasteiger partial charge in [0.2, 0.25) is 0 Å². The van der Waals surface area contributed by atoms with Gasteiger partial charge in [0.15, 0.2) is 0 Å². The van der Waals surface area contributed by atoms with Crippen LogP contribution in [0.3, 0.4) is 0 Å². The molecule has 0 radical (unpaired) electrons. The monoisotopic (exact) mass is 208 g/mol. The Kier molecular flexibility index (Phi) is 3.86. The summed E-state index contributed by atoms with van der Waals surface area (Å²) in [5.74, 6) is -0.301. The first-order chi connectivity index (χ1) is 7.00. The number of rotatable bonds is 3. The Morgan fingerprint density at radius 1 is 1.33 bits per heavy atom. The second-order valence-electron chi connectivity index (χ2n) is 3.60. The lowest BCUT2D eigenvalue weighted by Gasteiger charge is -2.14. The molecule has 15 heavy (non-hydrogen) atoms. The van der Waals surface area contributed by atoms with E-state index >= 15 is 0 Å². The summed E-state index contributed by atoms with van der Waals surface area (Å²) < 4.78 is 5.05. The fraction of sp³-hybridized carbons (Fsp3) is 0.417. The van der Waals surface area contributed by atoms with Gasteiger partial charge in [0.25, 0.3) is 0 Å². The smallest absolute Gasteiger partial charge is 0.303 e. The predicted molar refractivity (Wildman–Crippen MR) is 57.3 cm³/mol. The molecule has 1 aromatic carbocycles. The Balaban J connectivity index is 2.85. The van der Waals surface area contributed by atoms with Crippen LogP contribution in [0.15, 0.2) is 24.3 Å². The zero-order valence-corrected chi connectivity index (χ0v) is 9.23. The number of aliphatic hydroxyl groups excluding tert-OH is 1. The van der Waals surface area contributed by atoms with Crippen molar-refractivity contribution in [3.05, 3.63) is 35.4 Å². The molecular formula is C12H16O3. The molecule has 3 nitrogen and oxygen atoms in total. The number of aliphatic hydroxyl groups is 1. The third-order valence-electron chi connectivity index (χ3n) is 2.21. The molecule has 0 heterocycles. The van der Waals surface area contributed by atoms with Crippen LogP contribution in [-0.2, 0) is 9.53 Å². The number of hydrogen-bond acceptors (Lipinski definition) is 3. The summed E-state index contributed by atoms with van der Waals surface area (Å²) in [6.07, 6.45) is -0.782. The van der Waals surface area contributed by atoms with Gasteiger partial charge in [0.05, 0.1) is 6.10 Å². The fourth-order valence-electron chi connectivity index (χ4n) is 1.39. The van der Waals surface area contributed by atoms with Crippen LogP contribution in [0, 0.1) is 0 Å². The van der Waals surface area contributed by atoms with E-state index < -0.39 is 6.10 Å². The first kappa shape index (κ1) is 11.7. The first-order valence-electron chi connectivity index (χ1n) is 4.96. The highest BCUT2D eigenvalue weighted by atomic mass is 16.5. The van der Waals surface area contributed by atoms with Crippen molar-refractivity contribution in [2.75, 3.05) is 0 Å². The predicted octanol–water partition coefficient (Wildman–Crippen LogP) is 2.36. The van der Waals surface area contributed by atoms with Gasteiger partial charge in [-0.1, -0.05) is 18.2 Å². The van der Waals surface area contributed by atoms with Crippen molar-refractivity contribution in [2.24, 2.45) is 0 Å². The molecule has 0 aliphatic heterocycles. The zero-order valence-electron chi connectivity index (χ0n) is 9.23. The Hall–Kier alpha value is -1.35. The lowest BCUT2D eigenvalue weighted by Crippen LogP contribution is -2.05. The quantitative estimate of drug-likeness (QED) is 0.776. The third kappa shape index (κ3) is 3.36. The molecule has 1 N–H and O–H groups in total. The summed E-state index contributed by atoms with van der Waals surface area (Å²) in [4.78, 5) is 10.8. The van der Waals surface area contributed by atoms with Gasteiger partial charge in [0, 0.05) is 6.92 Å². The van der Waals surface area contributed by atoms with Crippen LogP contribution in [0.5, 0.6) is 0 Å². The lowest BCUT2D eigenvalue weighted by molar-refractivity contribution is -0.145. The maximum absolute atomic E-state index is 10.8. The first-order valence-corrected chi connectivity index (χ1v) is 4.96. The highest BCUT2D eigenvalue weighted by Gasteiger charge is 2.10. The minimum Gasteiger partial charge on any atom is -0.458 e. The van der Waals surface area contributed by atoms with Crippen molar-refractivity contribution >= 4 is 5.97 Å². The minimum atomic E-state index is -0.505. The molecule has 1 aromatic rings. The van der Waals surface area contributed by atoms with Crippen molar-refractivity contribution in [2.45, 2.75) is 33.0 Å². The van der Waals surface area contributed by atoms with E-state index in [4.69, 9.17) is 4.74 Å². The van der Waals surface area contributed by atoms with Crippen LogP contribution < -0.4 is 0 Å². The number of carbonyl (C=O) groups excluding carboxylic acids is 1. The van der Waals surface area contributed by atoms with Gasteiger partial charge >= 0.3 is 5.97 Å². The van der Waals surface area contributed by atoms with Crippen molar-refractivity contribution < 1.29 is 14.6 Å². The molecule has 0 saturated heterocycles. The van der Waals surface area contributed by atoms with E-state index in [-0.39, 0.29) is 12.1 Å². The molecule has 3 heteroatoms. The summed E-state index contributed by atoms with van der Waals surface area (Å²) in [6, 6.07) is 7.41. The maximum atomic E-state index is 10.8. The zero-order chi connectivity index (χ0) is 11.4. The second-order valence-corrected chi connectivity index (χ2v) is 3.60. The Morgan fingerprint density at radius 2 is 1.93 bits per heavy atom. The van der Waals surface area contributed by atoms with Crippen LogP contribution in [0.25, 0.3) is 0 Å². The number of esters is 1. The normalized spacial score (nSPS) is 14.4. The topological polar surface area (TPSA) is 46.5 Å². The molecular weight excluding hydrogens is 192 g/mol. The molecule has 82 valence electrons. The van der Waals surface area contributed by atoms with Crippen molar-refractivity contribution in [1.29, 1.82) is 0 Å². The van der Waals surface area contributed by atoms with Crippen molar-refractivity contribution in [3.63, 3.8) is 0 Å². The molecule has 0 saturated carbocycles. The Bertz CT molecular complexity index is 344. The average Bonchev–Trinajstić information content (AvgIpc) is 2.17. The van der Waals surface area contributed by atoms with E-state index in [2.05, 4.69) is 0 Å². The molecule has 0 amide bonds. The Labute approximate surface area is 89.7 Å². The molecule has 2 atom stereocenters. The summed E-state index contributed by atoms with van der Waals surface area (Å²) in [7, 11) is 0. The summed E-state index contributed by atoms with van der Waals surface area (Å²) in [5.41, 5.74) is 1.72. The van der Waals surface area contributed by atoms with E-state index in [0.29, 0.717) is 0 Å². The average molecular weight is 208 g/mol. The standard InChI is InChI=1S/C12H16O3/c1-8(13)11-5-4-6-12(7-11)9(2)15-10(3)14/h4-9,13H,1-3H3/t8-,9+/m0/s1. The molecule has 0 unspecified atom stereocenters. The van der Waals surface area contributed by atoms with Gasteiger partial charge in [-0.2, -0.15) is 0 Å². The molecule has 0 aliphatic rings. The summed E-state index contributed by atoms with van der Waals surface area (Å²) in [6.45, 7) is 4.90. The van der Waals surface area contributed by atoms with Gasteiger partial charge in [-0.15, -0.1) is 0 Å². The highest BCUT2D eigenvalue weighted by Crippen LogP contribution is 2.21. The Morgan fingerprint density at radius 3 is 2.47 bits per heavy atom. The fourth-order valence-corrected chi connectivity index (χ4v) is 1.39. The molecule has 0 spiro atoms. The molecule has 0 fully saturated rings. The number of hydrogen-bond donors (Lipinski definition) is 1. The van der Waals surface area contributed by atoms with Crippen LogP contribution in [0.1, 0.15) is 44.1 Å². The largest absolute Gasteiger partial charge is 0.458 e. The molecule has 1 rings (SSSR count). The lowest BCUT2D eigenvalue weighted by atomic mass is 10.0. The van der Waals surface area contributed by atoms with Crippen LogP contribution in [0.4, 0.5) is 0 Å². The van der Waals surface area contributed by atoms with E-state index in [1.54, 1.807) is 6.92 Å². The van der Waals surface area contributed by atoms with Crippen LogP contribution >= 0.6 is 0 Å². The van der Waals surface area contributed by atoms with E-state index in [9.17, 15) is 9.90 Å². The maximum Gasteiger partial charge on any atom is 0.303 e. The number of benzene rings is 1. The number of carbonyl (C=O) groups is 1. The van der Waals surface area contributed by atoms with Gasteiger partial charge in [-0.3, -0.25) is 4.79 Å². The van der Waals surface area contributed by atoms with E-state index in [1.165, 1.54) is 6.92 Å². The van der Waals surface area contributed by atoms with Gasteiger partial charge in [0.1, 0.15) is 6.10 Å². The van der Waals surface area contributed by atoms with Crippen molar-refractivity contribution in [1.82, 2.24) is 0 Å². The minimum absolute atomic E-state index is 0.277. The summed E-state index contributed by atoms with van der Waals surface area (Å²) in [5, 5.41) is 9.40. The van der Waals surface area contributed by atoms with Crippen molar-refractivity contribution in [3.8, 4) is 0 Å². The molecule has 0 aliphatic carbocycles.